The van der Waals surface area contributed by atoms with Gasteiger partial charge < -0.3 is 9.80 Å². The lowest BCUT2D eigenvalue weighted by Gasteiger charge is -2.35. The van der Waals surface area contributed by atoms with E-state index in [0.717, 1.165) is 60.2 Å². The topological polar surface area (TPSA) is 70.9 Å². The molecule has 0 aliphatic carbocycles. The minimum Gasteiger partial charge on any atom is -0.352 e. The van der Waals surface area contributed by atoms with E-state index in [9.17, 15) is 0 Å². The number of benzene rings is 1. The zero-order valence-corrected chi connectivity index (χ0v) is 15.3. The SMILES string of the molecule is c1ccc(-c2ccc(N3CCN(c4cnc5ccccc5n4)CC3)nn2)nc1. The third-order valence-electron chi connectivity index (χ3n) is 4.94. The number of para-hydroxylation sites is 2. The van der Waals surface area contributed by atoms with Crippen molar-refractivity contribution in [1.82, 2.24) is 25.1 Å². The van der Waals surface area contributed by atoms with Crippen molar-refractivity contribution in [2.24, 2.45) is 0 Å². The molecule has 0 amide bonds. The molecule has 4 heterocycles. The lowest BCUT2D eigenvalue weighted by Crippen LogP contribution is -2.47. The molecule has 0 unspecified atom stereocenters. The molecular formula is C21H19N7. The summed E-state index contributed by atoms with van der Waals surface area (Å²) >= 11 is 0. The first-order chi connectivity index (χ1) is 13.9. The molecule has 4 aromatic rings. The Morgan fingerprint density at radius 3 is 2.07 bits per heavy atom. The van der Waals surface area contributed by atoms with Gasteiger partial charge in [0, 0.05) is 32.4 Å². The Morgan fingerprint density at radius 2 is 1.36 bits per heavy atom. The van der Waals surface area contributed by atoms with E-state index in [0.29, 0.717) is 0 Å². The van der Waals surface area contributed by atoms with Crippen LogP contribution in [-0.2, 0) is 0 Å². The first-order valence-corrected chi connectivity index (χ1v) is 9.34. The molecule has 1 aliphatic rings. The highest BCUT2D eigenvalue weighted by atomic mass is 15.3. The van der Waals surface area contributed by atoms with Crippen molar-refractivity contribution in [2.75, 3.05) is 36.0 Å². The molecule has 1 saturated heterocycles. The van der Waals surface area contributed by atoms with Crippen molar-refractivity contribution in [3.63, 3.8) is 0 Å². The van der Waals surface area contributed by atoms with Crippen LogP contribution in [0.2, 0.25) is 0 Å². The van der Waals surface area contributed by atoms with Gasteiger partial charge in [0.05, 0.1) is 22.9 Å². The van der Waals surface area contributed by atoms with Gasteiger partial charge >= 0.3 is 0 Å². The Hall–Kier alpha value is -3.61. The van der Waals surface area contributed by atoms with Crippen LogP contribution in [0.15, 0.2) is 67.0 Å². The van der Waals surface area contributed by atoms with Gasteiger partial charge in [-0.1, -0.05) is 18.2 Å². The summed E-state index contributed by atoms with van der Waals surface area (Å²) in [6.07, 6.45) is 3.62. The molecule has 0 atom stereocenters. The van der Waals surface area contributed by atoms with E-state index in [4.69, 9.17) is 4.98 Å². The Balaban J connectivity index is 1.27. The van der Waals surface area contributed by atoms with E-state index in [-0.39, 0.29) is 0 Å². The Morgan fingerprint density at radius 1 is 0.607 bits per heavy atom. The van der Waals surface area contributed by atoms with Crippen molar-refractivity contribution in [3.05, 3.63) is 67.0 Å². The van der Waals surface area contributed by atoms with Crippen molar-refractivity contribution < 1.29 is 0 Å². The highest BCUT2D eigenvalue weighted by molar-refractivity contribution is 5.75. The number of anilines is 2. The third kappa shape index (κ3) is 3.22. The maximum absolute atomic E-state index is 4.75. The van der Waals surface area contributed by atoms with Crippen molar-refractivity contribution in [3.8, 4) is 11.4 Å². The van der Waals surface area contributed by atoms with E-state index < -0.39 is 0 Å². The summed E-state index contributed by atoms with van der Waals surface area (Å²) in [7, 11) is 0. The fourth-order valence-electron chi connectivity index (χ4n) is 3.41. The van der Waals surface area contributed by atoms with Crippen LogP contribution in [0.1, 0.15) is 0 Å². The van der Waals surface area contributed by atoms with E-state index in [2.05, 4.69) is 30.0 Å². The van der Waals surface area contributed by atoms with Gasteiger partial charge in [-0.05, 0) is 36.4 Å². The van der Waals surface area contributed by atoms with Crippen LogP contribution in [0, 0.1) is 0 Å². The first kappa shape index (κ1) is 16.6. The average Bonchev–Trinajstić information content (AvgIpc) is 2.80. The summed E-state index contributed by atoms with van der Waals surface area (Å²) in [6.45, 7) is 3.48. The normalized spacial score (nSPS) is 14.4. The van der Waals surface area contributed by atoms with Gasteiger partial charge in [0.25, 0.3) is 0 Å². The molecule has 0 radical (unpaired) electrons. The lowest BCUT2D eigenvalue weighted by atomic mass is 10.2. The summed E-state index contributed by atoms with van der Waals surface area (Å²) in [5.41, 5.74) is 3.47. The summed E-state index contributed by atoms with van der Waals surface area (Å²) in [5, 5.41) is 8.75. The van der Waals surface area contributed by atoms with Gasteiger partial charge in [-0.3, -0.25) is 9.97 Å². The van der Waals surface area contributed by atoms with E-state index in [1.807, 2.05) is 60.8 Å². The van der Waals surface area contributed by atoms with Gasteiger partial charge in [0.2, 0.25) is 0 Å². The molecule has 0 bridgehead atoms. The monoisotopic (exact) mass is 369 g/mol. The molecular weight excluding hydrogens is 350 g/mol. The molecule has 0 spiro atoms. The molecule has 138 valence electrons. The van der Waals surface area contributed by atoms with Gasteiger partial charge in [0.1, 0.15) is 11.5 Å². The number of fused-ring (bicyclic) bond motifs is 1. The molecule has 0 N–H and O–H groups in total. The quantitative estimate of drug-likeness (QED) is 0.550. The molecule has 5 rings (SSSR count). The number of rotatable bonds is 3. The zero-order valence-electron chi connectivity index (χ0n) is 15.3. The Labute approximate surface area is 162 Å². The number of hydrogen-bond donors (Lipinski definition) is 0. The second-order valence-electron chi connectivity index (χ2n) is 6.68. The second-order valence-corrected chi connectivity index (χ2v) is 6.68. The Kier molecular flexibility index (Phi) is 4.25. The summed E-state index contributed by atoms with van der Waals surface area (Å²) in [6, 6.07) is 17.7. The fraction of sp³-hybridized carbons (Fsp3) is 0.190. The molecule has 1 fully saturated rings. The average molecular weight is 369 g/mol. The minimum absolute atomic E-state index is 0.787. The van der Waals surface area contributed by atoms with Crippen LogP contribution in [0.4, 0.5) is 11.6 Å². The predicted molar refractivity (Wildman–Crippen MR) is 109 cm³/mol. The Bertz CT molecular complexity index is 1070. The molecule has 3 aromatic heterocycles. The fourth-order valence-corrected chi connectivity index (χ4v) is 3.41. The van der Waals surface area contributed by atoms with Gasteiger partial charge in [0.15, 0.2) is 5.82 Å². The van der Waals surface area contributed by atoms with E-state index >= 15 is 0 Å². The van der Waals surface area contributed by atoms with Crippen LogP contribution in [0.5, 0.6) is 0 Å². The predicted octanol–water partition coefficient (Wildman–Crippen LogP) is 2.81. The smallest absolute Gasteiger partial charge is 0.151 e. The van der Waals surface area contributed by atoms with Gasteiger partial charge in [-0.15, -0.1) is 10.2 Å². The van der Waals surface area contributed by atoms with Crippen LogP contribution in [0.3, 0.4) is 0 Å². The first-order valence-electron chi connectivity index (χ1n) is 9.34. The van der Waals surface area contributed by atoms with E-state index in [1.54, 1.807) is 6.20 Å². The lowest BCUT2D eigenvalue weighted by molar-refractivity contribution is 0.638. The number of nitrogens with zero attached hydrogens (tertiary/aromatic N) is 7. The van der Waals surface area contributed by atoms with Crippen LogP contribution >= 0.6 is 0 Å². The molecule has 1 aromatic carbocycles. The number of piperazine rings is 1. The second kappa shape index (κ2) is 7.19. The summed E-state index contributed by atoms with van der Waals surface area (Å²) in [4.78, 5) is 18.1. The maximum Gasteiger partial charge on any atom is 0.151 e. The van der Waals surface area contributed by atoms with Crippen molar-refractivity contribution in [2.45, 2.75) is 0 Å². The van der Waals surface area contributed by atoms with Crippen LogP contribution in [-0.4, -0.2) is 51.3 Å². The van der Waals surface area contributed by atoms with Crippen molar-refractivity contribution >= 4 is 22.7 Å². The van der Waals surface area contributed by atoms with Crippen LogP contribution < -0.4 is 9.80 Å². The molecule has 0 saturated carbocycles. The molecule has 7 heteroatoms. The largest absolute Gasteiger partial charge is 0.352 e. The molecule has 1 aliphatic heterocycles. The number of hydrogen-bond acceptors (Lipinski definition) is 7. The van der Waals surface area contributed by atoms with Gasteiger partial charge in [-0.25, -0.2) is 4.98 Å². The number of aromatic nitrogens is 5. The van der Waals surface area contributed by atoms with Crippen LogP contribution in [0.25, 0.3) is 22.4 Å². The summed E-state index contributed by atoms with van der Waals surface area (Å²) < 4.78 is 0. The van der Waals surface area contributed by atoms with E-state index in [1.165, 1.54) is 0 Å². The molecule has 7 nitrogen and oxygen atoms in total. The molecule has 28 heavy (non-hydrogen) atoms. The maximum atomic E-state index is 4.75. The highest BCUT2D eigenvalue weighted by Crippen LogP contribution is 2.20. The standard InChI is InChI=1S/C21H19N7/c1-2-7-18-16(5-1)23-15-21(24-18)28-13-11-27(12-14-28)20-9-8-19(25-26-20)17-6-3-4-10-22-17/h1-10,15H,11-14H2. The van der Waals surface area contributed by atoms with Crippen molar-refractivity contribution in [1.29, 1.82) is 0 Å². The highest BCUT2D eigenvalue weighted by Gasteiger charge is 2.20. The minimum atomic E-state index is 0.787. The zero-order chi connectivity index (χ0) is 18.8. The number of pyridine rings is 1. The summed E-state index contributed by atoms with van der Waals surface area (Å²) in [5.74, 6) is 1.82. The third-order valence-corrected chi connectivity index (χ3v) is 4.94. The van der Waals surface area contributed by atoms with Gasteiger partial charge in [-0.2, -0.15) is 0 Å².